The van der Waals surface area contributed by atoms with Crippen molar-refractivity contribution in [3.8, 4) is 0 Å². The molecule has 0 spiro atoms. The SMILES string of the molecule is CN1C[C@@H]2C[C@H]1CN2c1cc(=O)c1=O. The van der Waals surface area contributed by atoms with E-state index in [2.05, 4.69) is 16.8 Å². The molecule has 4 heteroatoms. The van der Waals surface area contributed by atoms with Gasteiger partial charge < -0.3 is 4.90 Å². The second-order valence-corrected chi connectivity index (χ2v) is 4.36. The van der Waals surface area contributed by atoms with Gasteiger partial charge in [-0.2, -0.15) is 0 Å². The molecule has 2 saturated heterocycles. The van der Waals surface area contributed by atoms with Crippen molar-refractivity contribution in [2.45, 2.75) is 18.5 Å². The van der Waals surface area contributed by atoms with Crippen molar-refractivity contribution in [1.82, 2.24) is 4.90 Å². The Labute approximate surface area is 81.4 Å². The fourth-order valence-corrected chi connectivity index (χ4v) is 2.68. The largest absolute Gasteiger partial charge is 0.362 e. The molecule has 2 atom stereocenters. The summed E-state index contributed by atoms with van der Waals surface area (Å²) in [5.41, 5.74) is 0.0203. The molecule has 0 N–H and O–H groups in total. The Hall–Kier alpha value is -1.16. The molecule has 2 heterocycles. The summed E-state index contributed by atoms with van der Waals surface area (Å²) in [6, 6.07) is 2.50. The molecule has 2 aliphatic heterocycles. The van der Waals surface area contributed by atoms with Gasteiger partial charge in [-0.1, -0.05) is 0 Å². The minimum Gasteiger partial charge on any atom is -0.362 e. The highest BCUT2D eigenvalue weighted by Gasteiger charge is 2.42. The lowest BCUT2D eigenvalue weighted by molar-refractivity contribution is 0.292. The minimum absolute atomic E-state index is 0.291. The Balaban J connectivity index is 1.89. The number of hydrogen-bond donors (Lipinski definition) is 0. The zero-order valence-electron chi connectivity index (χ0n) is 8.06. The summed E-state index contributed by atoms with van der Waals surface area (Å²) in [5, 5.41) is 0. The number of rotatable bonds is 1. The van der Waals surface area contributed by atoms with Crippen LogP contribution in [-0.2, 0) is 0 Å². The highest BCUT2D eigenvalue weighted by molar-refractivity contribution is 5.53. The van der Waals surface area contributed by atoms with Crippen LogP contribution < -0.4 is 15.8 Å². The van der Waals surface area contributed by atoms with Gasteiger partial charge in [-0.3, -0.25) is 14.5 Å². The number of fused-ring (bicyclic) bond motifs is 2. The first-order valence-electron chi connectivity index (χ1n) is 4.94. The van der Waals surface area contributed by atoms with Crippen molar-refractivity contribution < 1.29 is 0 Å². The number of piperazine rings is 1. The zero-order chi connectivity index (χ0) is 9.87. The molecule has 3 rings (SSSR count). The van der Waals surface area contributed by atoms with E-state index in [9.17, 15) is 9.59 Å². The third-order valence-electron chi connectivity index (χ3n) is 3.55. The van der Waals surface area contributed by atoms with Crippen LogP contribution in [0.15, 0.2) is 15.7 Å². The summed E-state index contributed by atoms with van der Waals surface area (Å²) < 4.78 is 0. The molecule has 4 nitrogen and oxygen atoms in total. The van der Waals surface area contributed by atoms with Crippen LogP contribution in [0, 0.1) is 0 Å². The molecule has 0 amide bonds. The molecule has 0 saturated carbocycles. The first-order valence-corrected chi connectivity index (χ1v) is 4.94. The third kappa shape index (κ3) is 0.865. The molecule has 74 valence electrons. The zero-order valence-corrected chi connectivity index (χ0v) is 8.06. The Morgan fingerprint density at radius 2 is 2.07 bits per heavy atom. The normalized spacial score (nSPS) is 31.9. The van der Waals surface area contributed by atoms with Gasteiger partial charge in [0.2, 0.25) is 10.9 Å². The van der Waals surface area contributed by atoms with E-state index in [1.165, 1.54) is 6.07 Å². The predicted octanol–water partition coefficient (Wildman–Crippen LogP) is -0.825. The molecule has 1 aromatic carbocycles. The summed E-state index contributed by atoms with van der Waals surface area (Å²) in [6.45, 7) is 1.93. The van der Waals surface area contributed by atoms with E-state index in [1.807, 2.05) is 0 Å². The van der Waals surface area contributed by atoms with E-state index >= 15 is 0 Å². The fraction of sp³-hybridized carbons (Fsp3) is 0.600. The maximum atomic E-state index is 11.2. The van der Waals surface area contributed by atoms with Gasteiger partial charge in [-0.25, -0.2) is 0 Å². The average molecular weight is 192 g/mol. The lowest BCUT2D eigenvalue weighted by Gasteiger charge is -2.33. The Bertz CT molecular complexity index is 445. The van der Waals surface area contributed by atoms with Gasteiger partial charge >= 0.3 is 0 Å². The summed E-state index contributed by atoms with van der Waals surface area (Å²) in [5.74, 6) is 0. The smallest absolute Gasteiger partial charge is 0.249 e. The highest BCUT2D eigenvalue weighted by Crippen LogP contribution is 2.31. The quantitative estimate of drug-likeness (QED) is 0.545. The molecule has 0 aromatic heterocycles. The fourth-order valence-electron chi connectivity index (χ4n) is 2.68. The van der Waals surface area contributed by atoms with E-state index in [1.54, 1.807) is 0 Å². The maximum absolute atomic E-state index is 11.2. The number of anilines is 1. The molecular weight excluding hydrogens is 180 g/mol. The van der Waals surface area contributed by atoms with Crippen molar-refractivity contribution in [2.24, 2.45) is 0 Å². The first-order chi connectivity index (χ1) is 6.66. The summed E-state index contributed by atoms with van der Waals surface area (Å²) >= 11 is 0. The van der Waals surface area contributed by atoms with Gasteiger partial charge in [-0.05, 0) is 13.5 Å². The van der Waals surface area contributed by atoms with E-state index in [0.717, 1.165) is 19.5 Å². The molecule has 0 unspecified atom stereocenters. The van der Waals surface area contributed by atoms with Gasteiger partial charge in [0.1, 0.15) is 0 Å². The van der Waals surface area contributed by atoms with Crippen LogP contribution in [-0.4, -0.2) is 37.1 Å². The van der Waals surface area contributed by atoms with E-state index in [-0.39, 0.29) is 10.9 Å². The van der Waals surface area contributed by atoms with Crippen molar-refractivity contribution in [2.75, 3.05) is 25.0 Å². The Morgan fingerprint density at radius 3 is 2.50 bits per heavy atom. The molecule has 0 radical (unpaired) electrons. The number of likely N-dealkylation sites (N-methyl/N-ethyl adjacent to an activating group) is 1. The van der Waals surface area contributed by atoms with Gasteiger partial charge in [0.15, 0.2) is 0 Å². The third-order valence-corrected chi connectivity index (χ3v) is 3.55. The predicted molar refractivity (Wildman–Crippen MR) is 53.5 cm³/mol. The molecule has 0 aliphatic carbocycles. The maximum Gasteiger partial charge on any atom is 0.249 e. The molecule has 2 bridgehead atoms. The van der Waals surface area contributed by atoms with Crippen molar-refractivity contribution in [1.29, 1.82) is 0 Å². The van der Waals surface area contributed by atoms with Gasteiger partial charge in [0.05, 0.1) is 5.69 Å². The highest BCUT2D eigenvalue weighted by atomic mass is 16.2. The van der Waals surface area contributed by atoms with Crippen molar-refractivity contribution in [3.63, 3.8) is 0 Å². The summed E-state index contributed by atoms with van der Waals surface area (Å²) in [7, 11) is 2.12. The standard InChI is InChI=1S/C10H12N2O2/c1-11-4-7-2-6(11)5-12(7)8-3-9(13)10(8)14/h3,6-7H,2,4-5H2,1H3/t6-,7-/m0/s1. The van der Waals surface area contributed by atoms with E-state index in [4.69, 9.17) is 0 Å². The van der Waals surface area contributed by atoms with Crippen LogP contribution in [0.3, 0.4) is 0 Å². The van der Waals surface area contributed by atoms with Gasteiger partial charge in [0, 0.05) is 31.2 Å². The Morgan fingerprint density at radius 1 is 1.29 bits per heavy atom. The van der Waals surface area contributed by atoms with Crippen LogP contribution in [0.2, 0.25) is 0 Å². The Kier molecular flexibility index (Phi) is 1.43. The molecular formula is C10H12N2O2. The summed E-state index contributed by atoms with van der Waals surface area (Å²) in [4.78, 5) is 26.5. The monoisotopic (exact) mass is 192 g/mol. The van der Waals surface area contributed by atoms with Crippen LogP contribution in [0.25, 0.3) is 0 Å². The van der Waals surface area contributed by atoms with E-state index in [0.29, 0.717) is 17.8 Å². The van der Waals surface area contributed by atoms with Crippen molar-refractivity contribution >= 4 is 5.69 Å². The van der Waals surface area contributed by atoms with Crippen LogP contribution in [0.4, 0.5) is 5.69 Å². The molecule has 14 heavy (non-hydrogen) atoms. The first kappa shape index (κ1) is 8.17. The molecule has 2 fully saturated rings. The van der Waals surface area contributed by atoms with Gasteiger partial charge in [0.25, 0.3) is 0 Å². The number of hydrogen-bond acceptors (Lipinski definition) is 4. The lowest BCUT2D eigenvalue weighted by Crippen LogP contribution is -2.49. The number of likely N-dealkylation sites (tertiary alicyclic amines) is 1. The minimum atomic E-state index is -0.337. The van der Waals surface area contributed by atoms with E-state index < -0.39 is 0 Å². The lowest BCUT2D eigenvalue weighted by atomic mass is 10.2. The molecule has 1 aromatic rings. The number of nitrogens with zero attached hydrogens (tertiary/aromatic N) is 2. The summed E-state index contributed by atoms with van der Waals surface area (Å²) in [6.07, 6.45) is 1.13. The van der Waals surface area contributed by atoms with Crippen LogP contribution >= 0.6 is 0 Å². The molecule has 2 aliphatic rings. The van der Waals surface area contributed by atoms with Crippen LogP contribution in [0.1, 0.15) is 6.42 Å². The second-order valence-electron chi connectivity index (χ2n) is 4.36. The van der Waals surface area contributed by atoms with Gasteiger partial charge in [-0.15, -0.1) is 0 Å². The second kappa shape index (κ2) is 2.45. The van der Waals surface area contributed by atoms with Crippen LogP contribution in [0.5, 0.6) is 0 Å². The van der Waals surface area contributed by atoms with Crippen molar-refractivity contribution in [3.05, 3.63) is 26.5 Å². The topological polar surface area (TPSA) is 40.6 Å². The average Bonchev–Trinajstić information content (AvgIpc) is 2.71.